The summed E-state index contributed by atoms with van der Waals surface area (Å²) in [5, 5.41) is 4.49. The highest BCUT2D eigenvalue weighted by molar-refractivity contribution is 5.35. The summed E-state index contributed by atoms with van der Waals surface area (Å²) < 4.78 is 1.85. The van der Waals surface area contributed by atoms with E-state index in [1.54, 1.807) is 0 Å². The van der Waals surface area contributed by atoms with Gasteiger partial charge in [0.15, 0.2) is 0 Å². The molecule has 0 fully saturated rings. The van der Waals surface area contributed by atoms with E-state index < -0.39 is 0 Å². The second-order valence-corrected chi connectivity index (χ2v) is 4.76. The first-order chi connectivity index (χ1) is 9.19. The smallest absolute Gasteiger partial charge is 0.0743 e. The van der Waals surface area contributed by atoms with Crippen molar-refractivity contribution in [3.05, 3.63) is 52.8 Å². The Labute approximate surface area is 114 Å². The van der Waals surface area contributed by atoms with Crippen LogP contribution in [0.5, 0.6) is 0 Å². The lowest BCUT2D eigenvalue weighted by atomic mass is 9.97. The lowest BCUT2D eigenvalue weighted by molar-refractivity contribution is 0.630. The van der Waals surface area contributed by atoms with Gasteiger partial charge in [-0.1, -0.05) is 38.1 Å². The summed E-state index contributed by atoms with van der Waals surface area (Å²) in [5.74, 6) is 5.77. The molecule has 0 amide bonds. The van der Waals surface area contributed by atoms with Crippen LogP contribution >= 0.6 is 0 Å². The largest absolute Gasteiger partial charge is 0.275 e. The number of nitrogens with zero attached hydrogens (tertiary/aromatic N) is 2. The van der Waals surface area contributed by atoms with Crippen LogP contribution in [0.25, 0.3) is 0 Å². The second-order valence-electron chi connectivity index (χ2n) is 4.76. The van der Waals surface area contributed by atoms with E-state index >= 15 is 0 Å². The van der Waals surface area contributed by atoms with Gasteiger partial charge in [0.05, 0.1) is 11.7 Å². The molecule has 0 radical (unpaired) electrons. The molecule has 1 aromatic carbocycles. The van der Waals surface area contributed by atoms with Crippen molar-refractivity contribution < 1.29 is 0 Å². The van der Waals surface area contributed by atoms with Crippen molar-refractivity contribution in [2.24, 2.45) is 12.9 Å². The molecule has 3 N–H and O–H groups in total. The molecular weight excluding hydrogens is 236 g/mol. The Balaban J connectivity index is 2.43. The van der Waals surface area contributed by atoms with Gasteiger partial charge in [0.2, 0.25) is 0 Å². The molecule has 0 aliphatic heterocycles. The molecule has 0 saturated heterocycles. The summed E-state index contributed by atoms with van der Waals surface area (Å²) in [6.07, 6.45) is 3.97. The van der Waals surface area contributed by atoms with Crippen LogP contribution in [0.1, 0.15) is 42.3 Å². The summed E-state index contributed by atoms with van der Waals surface area (Å²) in [4.78, 5) is 0. The molecule has 1 atom stereocenters. The molecule has 1 heterocycles. The summed E-state index contributed by atoms with van der Waals surface area (Å²) >= 11 is 0. The van der Waals surface area contributed by atoms with Crippen LogP contribution in [-0.2, 0) is 19.9 Å². The summed E-state index contributed by atoms with van der Waals surface area (Å²) in [6.45, 7) is 4.27. The molecule has 4 heteroatoms. The van der Waals surface area contributed by atoms with E-state index in [4.69, 9.17) is 5.84 Å². The molecule has 2 aromatic rings. The van der Waals surface area contributed by atoms with Crippen LogP contribution in [0.3, 0.4) is 0 Å². The fraction of sp³-hybridized carbons (Fsp3) is 0.400. The third-order valence-corrected chi connectivity index (χ3v) is 3.44. The number of nitrogens with one attached hydrogen (secondary N) is 1. The quantitative estimate of drug-likeness (QED) is 0.638. The number of aromatic nitrogens is 2. The fourth-order valence-corrected chi connectivity index (χ4v) is 2.43. The number of hydrogen-bond acceptors (Lipinski definition) is 3. The number of aryl methyl sites for hydroxylation is 3. The number of benzene rings is 1. The van der Waals surface area contributed by atoms with E-state index in [1.165, 1.54) is 11.1 Å². The Morgan fingerprint density at radius 3 is 2.74 bits per heavy atom. The minimum atomic E-state index is -0.00449. The maximum absolute atomic E-state index is 5.77. The highest BCUT2D eigenvalue weighted by Crippen LogP contribution is 2.25. The minimum Gasteiger partial charge on any atom is -0.275 e. The van der Waals surface area contributed by atoms with Crippen LogP contribution in [0.4, 0.5) is 0 Å². The normalized spacial score (nSPS) is 12.6. The molecule has 0 aliphatic rings. The Bertz CT molecular complexity index is 545. The Morgan fingerprint density at radius 2 is 2.11 bits per heavy atom. The van der Waals surface area contributed by atoms with Crippen LogP contribution in [0.15, 0.2) is 30.5 Å². The zero-order valence-corrected chi connectivity index (χ0v) is 11.9. The number of rotatable bonds is 5. The van der Waals surface area contributed by atoms with Crippen LogP contribution < -0.4 is 11.3 Å². The van der Waals surface area contributed by atoms with Gasteiger partial charge in [0.1, 0.15) is 0 Å². The minimum absolute atomic E-state index is 0.00449. The number of hydrazine groups is 1. The van der Waals surface area contributed by atoms with Gasteiger partial charge in [-0.25, -0.2) is 5.43 Å². The van der Waals surface area contributed by atoms with Crippen molar-refractivity contribution >= 4 is 0 Å². The number of hydrogen-bond donors (Lipinski definition) is 2. The summed E-state index contributed by atoms with van der Waals surface area (Å²) in [7, 11) is 1.94. The van der Waals surface area contributed by atoms with Gasteiger partial charge in [0.25, 0.3) is 0 Å². The fourth-order valence-electron chi connectivity index (χ4n) is 2.43. The van der Waals surface area contributed by atoms with Gasteiger partial charge in [-0.05, 0) is 24.0 Å². The molecule has 102 valence electrons. The van der Waals surface area contributed by atoms with Gasteiger partial charge < -0.3 is 0 Å². The van der Waals surface area contributed by atoms with Gasteiger partial charge in [-0.3, -0.25) is 10.5 Å². The van der Waals surface area contributed by atoms with E-state index in [-0.39, 0.29) is 6.04 Å². The maximum Gasteiger partial charge on any atom is 0.0743 e. The van der Waals surface area contributed by atoms with Gasteiger partial charge in [-0.15, -0.1) is 0 Å². The predicted octanol–water partition coefficient (Wildman–Crippen LogP) is 2.10. The standard InChI is InChI=1S/C15H22N4/c1-4-11-7-6-8-12(9-11)15(17-16)13-10-19(3)18-14(13)5-2/h6-10,15,17H,4-5,16H2,1-3H3. The first-order valence-electron chi connectivity index (χ1n) is 6.77. The first kappa shape index (κ1) is 13.8. The molecule has 4 nitrogen and oxygen atoms in total. The van der Waals surface area contributed by atoms with Crippen LogP contribution in [0.2, 0.25) is 0 Å². The highest BCUT2D eigenvalue weighted by Gasteiger charge is 2.18. The molecule has 0 saturated carbocycles. The monoisotopic (exact) mass is 258 g/mol. The molecule has 0 aliphatic carbocycles. The average molecular weight is 258 g/mol. The molecule has 1 aromatic heterocycles. The molecule has 2 rings (SSSR count). The third-order valence-electron chi connectivity index (χ3n) is 3.44. The zero-order valence-electron chi connectivity index (χ0n) is 11.9. The summed E-state index contributed by atoms with van der Waals surface area (Å²) in [5.41, 5.74) is 7.67. The topological polar surface area (TPSA) is 55.9 Å². The van der Waals surface area contributed by atoms with Crippen molar-refractivity contribution in [1.29, 1.82) is 0 Å². The van der Waals surface area contributed by atoms with Crippen molar-refractivity contribution in [1.82, 2.24) is 15.2 Å². The average Bonchev–Trinajstić information content (AvgIpc) is 2.81. The molecule has 1 unspecified atom stereocenters. The van der Waals surface area contributed by atoms with Crippen LogP contribution in [0, 0.1) is 0 Å². The first-order valence-corrected chi connectivity index (χ1v) is 6.77. The molecule has 19 heavy (non-hydrogen) atoms. The second kappa shape index (κ2) is 5.99. The van der Waals surface area contributed by atoms with E-state index in [0.29, 0.717) is 0 Å². The van der Waals surface area contributed by atoms with E-state index in [2.05, 4.69) is 48.6 Å². The van der Waals surface area contributed by atoms with Gasteiger partial charge >= 0.3 is 0 Å². The SMILES string of the molecule is CCc1cccc(C(NN)c2cn(C)nc2CC)c1. The molecule has 0 bridgehead atoms. The van der Waals surface area contributed by atoms with Crippen molar-refractivity contribution in [2.45, 2.75) is 32.7 Å². The number of nitrogens with two attached hydrogens (primary N) is 1. The van der Waals surface area contributed by atoms with Crippen molar-refractivity contribution in [3.8, 4) is 0 Å². The Morgan fingerprint density at radius 1 is 1.32 bits per heavy atom. The molecule has 0 spiro atoms. The van der Waals surface area contributed by atoms with Gasteiger partial charge in [0, 0.05) is 18.8 Å². The van der Waals surface area contributed by atoms with Gasteiger partial charge in [-0.2, -0.15) is 5.10 Å². The lowest BCUT2D eigenvalue weighted by Gasteiger charge is -2.17. The molecular formula is C15H22N4. The highest BCUT2D eigenvalue weighted by atomic mass is 15.3. The van der Waals surface area contributed by atoms with Crippen molar-refractivity contribution in [2.75, 3.05) is 0 Å². The summed E-state index contributed by atoms with van der Waals surface area (Å²) in [6, 6.07) is 8.53. The Kier molecular flexibility index (Phi) is 4.35. The van der Waals surface area contributed by atoms with E-state index in [1.807, 2.05) is 17.9 Å². The van der Waals surface area contributed by atoms with Crippen LogP contribution in [-0.4, -0.2) is 9.78 Å². The Hall–Kier alpha value is -1.65. The lowest BCUT2D eigenvalue weighted by Crippen LogP contribution is -2.29. The zero-order chi connectivity index (χ0) is 13.8. The maximum atomic E-state index is 5.77. The predicted molar refractivity (Wildman–Crippen MR) is 77.6 cm³/mol. The third kappa shape index (κ3) is 2.85. The van der Waals surface area contributed by atoms with Crippen molar-refractivity contribution in [3.63, 3.8) is 0 Å². The van der Waals surface area contributed by atoms with E-state index in [0.717, 1.165) is 24.1 Å². The van der Waals surface area contributed by atoms with E-state index in [9.17, 15) is 0 Å².